The number of carbonyl (C=O) groups excluding carboxylic acids is 1. The van der Waals surface area contributed by atoms with Crippen LogP contribution in [0.3, 0.4) is 0 Å². The number of carbonyl (C=O) groups is 1. The van der Waals surface area contributed by atoms with Gasteiger partial charge in [-0.25, -0.2) is 5.06 Å². The Labute approximate surface area is 137 Å². The minimum Gasteiger partial charge on any atom is -0.286 e. The van der Waals surface area contributed by atoms with Crippen molar-refractivity contribution in [1.29, 1.82) is 0 Å². The van der Waals surface area contributed by atoms with Gasteiger partial charge in [-0.1, -0.05) is 60.7 Å². The molecule has 1 aliphatic rings. The van der Waals surface area contributed by atoms with Gasteiger partial charge in [-0.2, -0.15) is 0 Å². The maximum atomic E-state index is 11.9. The van der Waals surface area contributed by atoms with Crippen molar-refractivity contribution in [3.05, 3.63) is 71.8 Å². The van der Waals surface area contributed by atoms with Crippen molar-refractivity contribution in [2.45, 2.75) is 25.7 Å². The highest BCUT2D eigenvalue weighted by Crippen LogP contribution is 2.30. The van der Waals surface area contributed by atoms with Crippen LogP contribution in [0.15, 0.2) is 60.7 Å². The molecule has 0 spiro atoms. The highest BCUT2D eigenvalue weighted by atomic mass is 16.5. The largest absolute Gasteiger partial charge is 0.286 e. The second-order valence-corrected chi connectivity index (χ2v) is 6.41. The molecule has 3 rings (SSSR count). The molecule has 2 aromatic carbocycles. The van der Waals surface area contributed by atoms with Gasteiger partial charge in [0.25, 0.3) is 0 Å². The van der Waals surface area contributed by atoms with Gasteiger partial charge < -0.3 is 0 Å². The molecule has 2 aromatic rings. The van der Waals surface area contributed by atoms with Gasteiger partial charge in [0.15, 0.2) is 0 Å². The first kappa shape index (κ1) is 15.8. The Hall–Kier alpha value is -2.13. The van der Waals surface area contributed by atoms with Crippen molar-refractivity contribution >= 4 is 5.91 Å². The van der Waals surface area contributed by atoms with E-state index in [-0.39, 0.29) is 5.91 Å². The van der Waals surface area contributed by atoms with Crippen molar-refractivity contribution in [1.82, 2.24) is 5.06 Å². The third-order valence-electron chi connectivity index (χ3n) is 4.79. The molecule has 0 radical (unpaired) electrons. The maximum absolute atomic E-state index is 11.9. The van der Waals surface area contributed by atoms with Crippen molar-refractivity contribution in [2.24, 2.45) is 11.8 Å². The minimum absolute atomic E-state index is 0.146. The number of aryl methyl sites for hydroxylation is 1. The fourth-order valence-corrected chi connectivity index (χ4v) is 3.45. The predicted molar refractivity (Wildman–Crippen MR) is 90.0 cm³/mol. The number of hydrogen-bond acceptors (Lipinski definition) is 2. The van der Waals surface area contributed by atoms with Gasteiger partial charge in [-0.15, -0.1) is 0 Å². The molecule has 0 aromatic heterocycles. The van der Waals surface area contributed by atoms with Crippen molar-refractivity contribution in [2.75, 3.05) is 6.54 Å². The van der Waals surface area contributed by atoms with Crippen LogP contribution in [0.2, 0.25) is 0 Å². The Morgan fingerprint density at radius 2 is 1.52 bits per heavy atom. The van der Waals surface area contributed by atoms with Crippen molar-refractivity contribution in [3.63, 3.8) is 0 Å². The van der Waals surface area contributed by atoms with E-state index in [1.807, 2.05) is 24.3 Å². The molecule has 3 heteroatoms. The molecule has 120 valence electrons. The number of hydroxylamine groups is 2. The molecule has 0 bridgehead atoms. The molecular formula is C20H23NO2. The number of nitrogens with zero attached hydrogens (tertiary/aromatic N) is 1. The third-order valence-corrected chi connectivity index (χ3v) is 4.79. The van der Waals surface area contributed by atoms with Crippen LogP contribution in [-0.2, 0) is 17.6 Å². The number of benzene rings is 2. The molecule has 3 nitrogen and oxygen atoms in total. The fraction of sp³-hybridized carbons (Fsp3) is 0.350. The number of rotatable bonds is 5. The second kappa shape index (κ2) is 7.42. The Balaban J connectivity index is 1.67. The summed E-state index contributed by atoms with van der Waals surface area (Å²) >= 11 is 0. The van der Waals surface area contributed by atoms with E-state index in [2.05, 4.69) is 36.4 Å². The van der Waals surface area contributed by atoms with Crippen LogP contribution in [0.1, 0.15) is 24.0 Å². The summed E-state index contributed by atoms with van der Waals surface area (Å²) in [6.45, 7) is 0.438. The highest BCUT2D eigenvalue weighted by molar-refractivity contribution is 5.76. The van der Waals surface area contributed by atoms with Gasteiger partial charge in [0.2, 0.25) is 5.91 Å². The molecule has 0 aliphatic carbocycles. The van der Waals surface area contributed by atoms with Gasteiger partial charge >= 0.3 is 0 Å². The van der Waals surface area contributed by atoms with Gasteiger partial charge in [-0.3, -0.25) is 10.0 Å². The molecule has 1 heterocycles. The first-order valence-electron chi connectivity index (χ1n) is 8.29. The molecule has 1 amide bonds. The van der Waals surface area contributed by atoms with E-state index in [1.165, 1.54) is 11.1 Å². The average molecular weight is 309 g/mol. The van der Waals surface area contributed by atoms with Gasteiger partial charge in [0.05, 0.1) is 6.54 Å². The summed E-state index contributed by atoms with van der Waals surface area (Å²) in [6, 6.07) is 20.7. The normalized spacial score (nSPS) is 21.4. The Bertz CT molecular complexity index is 627. The number of piperidine rings is 1. The van der Waals surface area contributed by atoms with Gasteiger partial charge in [0.1, 0.15) is 0 Å². The van der Waals surface area contributed by atoms with Crippen molar-refractivity contribution < 1.29 is 10.0 Å². The van der Waals surface area contributed by atoms with Crippen LogP contribution >= 0.6 is 0 Å². The lowest BCUT2D eigenvalue weighted by molar-refractivity contribution is -0.178. The molecule has 1 fully saturated rings. The number of hydrogen-bond donors (Lipinski definition) is 1. The third kappa shape index (κ3) is 4.20. The van der Waals surface area contributed by atoms with E-state index in [1.54, 1.807) is 0 Å². The molecule has 1 aliphatic heterocycles. The van der Waals surface area contributed by atoms with Crippen LogP contribution < -0.4 is 0 Å². The van der Waals surface area contributed by atoms with Crippen molar-refractivity contribution in [3.8, 4) is 0 Å². The van der Waals surface area contributed by atoms with Crippen LogP contribution in [-0.4, -0.2) is 22.7 Å². The van der Waals surface area contributed by atoms with E-state index in [9.17, 15) is 10.0 Å². The quantitative estimate of drug-likeness (QED) is 0.855. The van der Waals surface area contributed by atoms with E-state index in [0.29, 0.717) is 24.8 Å². The van der Waals surface area contributed by atoms with Crippen LogP contribution in [0.25, 0.3) is 0 Å². The lowest BCUT2D eigenvalue weighted by Crippen LogP contribution is -2.43. The fourth-order valence-electron chi connectivity index (χ4n) is 3.45. The lowest BCUT2D eigenvalue weighted by Gasteiger charge is -2.35. The highest BCUT2D eigenvalue weighted by Gasteiger charge is 2.33. The zero-order valence-electron chi connectivity index (χ0n) is 13.3. The SMILES string of the molecule is O=C1CC(CCc2ccccc2)C(Cc2ccccc2)CN1O. The summed E-state index contributed by atoms with van der Waals surface area (Å²) in [6.07, 6.45) is 3.32. The molecule has 2 unspecified atom stereocenters. The zero-order chi connectivity index (χ0) is 16.1. The maximum Gasteiger partial charge on any atom is 0.246 e. The van der Waals surface area contributed by atoms with E-state index in [0.717, 1.165) is 24.3 Å². The lowest BCUT2D eigenvalue weighted by atomic mass is 9.78. The zero-order valence-corrected chi connectivity index (χ0v) is 13.3. The molecule has 2 atom stereocenters. The van der Waals surface area contributed by atoms with Crippen LogP contribution in [0.5, 0.6) is 0 Å². The molecule has 1 saturated heterocycles. The first-order chi connectivity index (χ1) is 11.2. The molecule has 23 heavy (non-hydrogen) atoms. The summed E-state index contributed by atoms with van der Waals surface area (Å²) < 4.78 is 0. The average Bonchev–Trinajstić information content (AvgIpc) is 2.58. The Morgan fingerprint density at radius 3 is 2.17 bits per heavy atom. The van der Waals surface area contributed by atoms with E-state index >= 15 is 0 Å². The summed E-state index contributed by atoms with van der Waals surface area (Å²) in [5, 5.41) is 10.7. The molecular weight excluding hydrogens is 286 g/mol. The molecule has 0 saturated carbocycles. The van der Waals surface area contributed by atoms with Gasteiger partial charge in [-0.05, 0) is 42.2 Å². The van der Waals surface area contributed by atoms with E-state index in [4.69, 9.17) is 0 Å². The number of amides is 1. The summed E-state index contributed by atoms with van der Waals surface area (Å²) in [5.41, 5.74) is 2.58. The second-order valence-electron chi connectivity index (χ2n) is 6.41. The summed E-state index contributed by atoms with van der Waals surface area (Å²) in [7, 11) is 0. The monoisotopic (exact) mass is 309 g/mol. The minimum atomic E-state index is -0.146. The van der Waals surface area contributed by atoms with Crippen LogP contribution in [0, 0.1) is 11.8 Å². The Morgan fingerprint density at radius 1 is 0.913 bits per heavy atom. The first-order valence-corrected chi connectivity index (χ1v) is 8.29. The smallest absolute Gasteiger partial charge is 0.246 e. The topological polar surface area (TPSA) is 40.5 Å². The Kier molecular flexibility index (Phi) is 5.09. The van der Waals surface area contributed by atoms with Crippen LogP contribution in [0.4, 0.5) is 0 Å². The van der Waals surface area contributed by atoms with E-state index < -0.39 is 0 Å². The molecule has 1 N–H and O–H groups in total. The van der Waals surface area contributed by atoms with Gasteiger partial charge in [0, 0.05) is 6.42 Å². The summed E-state index contributed by atoms with van der Waals surface area (Å²) in [5.74, 6) is 0.488. The standard InChI is InChI=1S/C20H23NO2/c22-20-14-18(12-11-16-7-3-1-4-8-16)19(15-21(20)23)13-17-9-5-2-6-10-17/h1-10,18-19,23H,11-15H2. The summed E-state index contributed by atoms with van der Waals surface area (Å²) in [4.78, 5) is 11.9. The predicted octanol–water partition coefficient (Wildman–Crippen LogP) is 3.72.